The zero-order chi connectivity index (χ0) is 52.1. The molecule has 1 fully saturated rings. The second-order valence-corrected chi connectivity index (χ2v) is 22.6. The number of hydrogen-bond acceptors (Lipinski definition) is 10. The van der Waals surface area contributed by atoms with Crippen LogP contribution in [0, 0.1) is 17.6 Å². The molecule has 3 rings (SSSR count). The number of benzene rings is 2. The molecule has 2 aromatic carbocycles. The SMILES string of the molecule is CCCCCCCCOC(=O)OCCCCCCN(CCCCCCNC(=O)CCC1CCC(c2cc(F)ccc2F)(S(=O)(=O)c2ccc(Cl)cc2)CC1)CCCCCCOC(=O)OCCCCCCCC. The number of carbonyl (C=O) groups is 3. The number of unbranched alkanes of at least 4 members (excludes halogenated alkanes) is 19. The normalized spacial score (nSPS) is 15.9. The van der Waals surface area contributed by atoms with E-state index in [9.17, 15) is 27.2 Å². The van der Waals surface area contributed by atoms with Crippen molar-refractivity contribution in [1.82, 2.24) is 10.2 Å². The Bertz CT molecular complexity index is 1840. The van der Waals surface area contributed by atoms with Gasteiger partial charge in [0.1, 0.15) is 16.4 Å². The molecule has 0 aromatic heterocycles. The van der Waals surface area contributed by atoms with Crippen LogP contribution in [0.4, 0.5) is 18.4 Å². The molecule has 410 valence electrons. The van der Waals surface area contributed by atoms with Crippen LogP contribution in [-0.4, -0.2) is 84.1 Å². The molecule has 0 unspecified atom stereocenters. The van der Waals surface area contributed by atoms with Gasteiger partial charge >= 0.3 is 12.3 Å². The van der Waals surface area contributed by atoms with Gasteiger partial charge in [-0.05, 0) is 151 Å². The highest BCUT2D eigenvalue weighted by atomic mass is 35.5. The van der Waals surface area contributed by atoms with E-state index in [1.807, 2.05) is 0 Å². The summed E-state index contributed by atoms with van der Waals surface area (Å²) in [7, 11) is -4.12. The molecule has 15 heteroatoms. The predicted molar refractivity (Wildman–Crippen MR) is 284 cm³/mol. The minimum Gasteiger partial charge on any atom is -0.434 e. The van der Waals surface area contributed by atoms with Gasteiger partial charge in [-0.25, -0.2) is 26.8 Å². The lowest BCUT2D eigenvalue weighted by atomic mass is 9.76. The summed E-state index contributed by atoms with van der Waals surface area (Å²) in [6.45, 7) is 9.60. The van der Waals surface area contributed by atoms with Crippen LogP contribution in [0.15, 0.2) is 47.4 Å². The van der Waals surface area contributed by atoms with Gasteiger partial charge in [-0.1, -0.05) is 128 Å². The van der Waals surface area contributed by atoms with E-state index in [4.69, 9.17) is 30.5 Å². The molecular weight excluding hydrogens is 962 g/mol. The topological polar surface area (TPSA) is 138 Å². The zero-order valence-electron chi connectivity index (χ0n) is 44.2. The average molecular weight is 1050 g/mol. The van der Waals surface area contributed by atoms with Crippen LogP contribution >= 0.6 is 11.6 Å². The summed E-state index contributed by atoms with van der Waals surface area (Å²) in [4.78, 5) is 39.3. The summed E-state index contributed by atoms with van der Waals surface area (Å²) in [5.74, 6) is -1.40. The highest BCUT2D eigenvalue weighted by molar-refractivity contribution is 7.92. The lowest BCUT2D eigenvalue weighted by Gasteiger charge is -2.40. The number of hydrogen-bond donors (Lipinski definition) is 1. The van der Waals surface area contributed by atoms with Crippen molar-refractivity contribution >= 4 is 39.7 Å². The molecule has 1 saturated carbocycles. The Morgan fingerprint density at radius 3 is 1.51 bits per heavy atom. The van der Waals surface area contributed by atoms with Crippen LogP contribution < -0.4 is 5.32 Å². The van der Waals surface area contributed by atoms with Gasteiger partial charge in [-0.3, -0.25) is 4.79 Å². The van der Waals surface area contributed by atoms with Crippen molar-refractivity contribution < 1.29 is 50.5 Å². The fraction of sp³-hybridized carbons (Fsp3) is 0.737. The molecule has 11 nitrogen and oxygen atoms in total. The smallest absolute Gasteiger partial charge is 0.434 e. The highest BCUT2D eigenvalue weighted by Gasteiger charge is 2.50. The van der Waals surface area contributed by atoms with Crippen LogP contribution in [-0.2, 0) is 38.3 Å². The second-order valence-electron chi connectivity index (χ2n) is 19.9. The standard InChI is InChI=1S/C57H91ClF2N2O9S/c1-3-5-7-9-15-23-43-68-55(64)70-45-25-17-13-21-41-62(42-22-14-18-26-46-71-56(65)69-44-24-16-10-8-6-4-2)40-20-12-11-19-39-61-54(63)34-27-48-35-37-57(38-36-48,52-47-50(59)30-33-53(52)60)72(66,67)51-31-28-49(58)29-32-51/h28-33,47-48H,3-27,34-46H2,1-2H3,(H,61,63). The first-order valence-electron chi connectivity index (χ1n) is 28.0. The van der Waals surface area contributed by atoms with E-state index >= 15 is 4.39 Å². The third kappa shape index (κ3) is 25.6. The van der Waals surface area contributed by atoms with Crippen molar-refractivity contribution in [3.8, 4) is 0 Å². The number of carbonyl (C=O) groups excluding carboxylic acids is 3. The molecular formula is C57H91ClF2N2O9S. The van der Waals surface area contributed by atoms with Gasteiger partial charge < -0.3 is 29.2 Å². The zero-order valence-corrected chi connectivity index (χ0v) is 45.7. The Morgan fingerprint density at radius 1 is 0.611 bits per heavy atom. The van der Waals surface area contributed by atoms with Crippen molar-refractivity contribution in [2.75, 3.05) is 52.6 Å². The first-order chi connectivity index (χ1) is 34.9. The first-order valence-corrected chi connectivity index (χ1v) is 29.8. The van der Waals surface area contributed by atoms with Crippen molar-refractivity contribution in [3.63, 3.8) is 0 Å². The van der Waals surface area contributed by atoms with Crippen LogP contribution in [0.25, 0.3) is 0 Å². The summed E-state index contributed by atoms with van der Waals surface area (Å²) < 4.78 is 77.5. The van der Waals surface area contributed by atoms with E-state index in [0.29, 0.717) is 63.7 Å². The quantitative estimate of drug-likeness (QED) is 0.0506. The highest BCUT2D eigenvalue weighted by Crippen LogP contribution is 2.50. The molecule has 0 atom stereocenters. The minimum atomic E-state index is -4.12. The minimum absolute atomic E-state index is 0.0139. The Kier molecular flexibility index (Phi) is 33.3. The largest absolute Gasteiger partial charge is 0.508 e. The third-order valence-corrected chi connectivity index (χ3v) is 16.9. The molecule has 72 heavy (non-hydrogen) atoms. The number of sulfone groups is 1. The van der Waals surface area contributed by atoms with Crippen LogP contribution in [0.5, 0.6) is 0 Å². The van der Waals surface area contributed by atoms with E-state index in [2.05, 4.69) is 24.1 Å². The summed E-state index contributed by atoms with van der Waals surface area (Å²) in [6.07, 6.45) is 26.4. The van der Waals surface area contributed by atoms with Crippen molar-refractivity contribution in [2.24, 2.45) is 5.92 Å². The number of rotatable bonds is 41. The Hall–Kier alpha value is -3.49. The monoisotopic (exact) mass is 1050 g/mol. The fourth-order valence-electron chi connectivity index (χ4n) is 9.65. The van der Waals surface area contributed by atoms with E-state index < -0.39 is 38.5 Å². The van der Waals surface area contributed by atoms with E-state index in [0.717, 1.165) is 141 Å². The van der Waals surface area contributed by atoms with E-state index in [1.54, 1.807) is 0 Å². The van der Waals surface area contributed by atoms with Gasteiger partial charge in [0.2, 0.25) is 5.91 Å². The molecule has 1 N–H and O–H groups in total. The number of halogens is 3. The first kappa shape index (κ1) is 62.8. The molecule has 1 aliphatic carbocycles. The van der Waals surface area contributed by atoms with Crippen molar-refractivity contribution in [2.45, 2.75) is 216 Å². The molecule has 0 aliphatic heterocycles. The van der Waals surface area contributed by atoms with Gasteiger partial charge in [0.25, 0.3) is 0 Å². The van der Waals surface area contributed by atoms with Gasteiger partial charge in [0.15, 0.2) is 9.84 Å². The average Bonchev–Trinajstić information content (AvgIpc) is 3.37. The van der Waals surface area contributed by atoms with Crippen LogP contribution in [0.3, 0.4) is 0 Å². The number of nitrogens with one attached hydrogen (secondary N) is 1. The number of amides is 1. The molecule has 0 saturated heterocycles. The second kappa shape index (κ2) is 38.1. The molecule has 1 amide bonds. The van der Waals surface area contributed by atoms with Gasteiger partial charge in [0, 0.05) is 23.6 Å². The molecule has 0 heterocycles. The third-order valence-electron chi connectivity index (χ3n) is 14.1. The Labute approximate surface area is 437 Å². The molecule has 1 aliphatic rings. The van der Waals surface area contributed by atoms with Crippen molar-refractivity contribution in [3.05, 3.63) is 64.7 Å². The van der Waals surface area contributed by atoms with Crippen LogP contribution in [0.2, 0.25) is 5.02 Å². The molecule has 0 radical (unpaired) electrons. The lowest BCUT2D eigenvalue weighted by molar-refractivity contribution is -0.121. The van der Waals surface area contributed by atoms with Gasteiger partial charge in [-0.15, -0.1) is 0 Å². The van der Waals surface area contributed by atoms with Gasteiger partial charge in [0.05, 0.1) is 31.3 Å². The molecule has 0 bridgehead atoms. The van der Waals surface area contributed by atoms with Crippen LogP contribution in [0.1, 0.15) is 212 Å². The Morgan fingerprint density at radius 2 is 1.04 bits per heavy atom. The lowest BCUT2D eigenvalue weighted by Crippen LogP contribution is -2.41. The maximum atomic E-state index is 15.3. The van der Waals surface area contributed by atoms with Gasteiger partial charge in [-0.2, -0.15) is 0 Å². The van der Waals surface area contributed by atoms with Crippen molar-refractivity contribution in [1.29, 1.82) is 0 Å². The maximum absolute atomic E-state index is 15.3. The summed E-state index contributed by atoms with van der Waals surface area (Å²) >= 11 is 6.04. The summed E-state index contributed by atoms with van der Waals surface area (Å²) in [6, 6.07) is 8.78. The van der Waals surface area contributed by atoms with E-state index in [-0.39, 0.29) is 35.1 Å². The Balaban J connectivity index is 1.33. The maximum Gasteiger partial charge on any atom is 0.508 e. The fourth-order valence-corrected chi connectivity index (χ4v) is 11.9. The van der Waals surface area contributed by atoms with E-state index in [1.165, 1.54) is 75.6 Å². The summed E-state index contributed by atoms with van der Waals surface area (Å²) in [5.41, 5.74) is -0.150. The summed E-state index contributed by atoms with van der Waals surface area (Å²) in [5, 5.41) is 3.43. The molecule has 2 aromatic rings. The predicted octanol–water partition coefficient (Wildman–Crippen LogP) is 15.4. The number of ether oxygens (including phenoxy) is 4. The molecule has 0 spiro atoms. The number of nitrogens with zero attached hydrogens (tertiary/aromatic N) is 1.